The summed E-state index contributed by atoms with van der Waals surface area (Å²) in [5, 5.41) is 0. The van der Waals surface area contributed by atoms with E-state index in [0.717, 1.165) is 18.3 Å². The van der Waals surface area contributed by atoms with Crippen LogP contribution in [0.3, 0.4) is 0 Å². The van der Waals surface area contributed by atoms with Crippen LogP contribution in [0.25, 0.3) is 0 Å². The van der Waals surface area contributed by atoms with Crippen LogP contribution in [0.4, 0.5) is 0 Å². The average molecular weight is 168 g/mol. The normalized spacial score (nSPS) is 46.0. The van der Waals surface area contributed by atoms with E-state index < -0.39 is 0 Å². The molecule has 12 heavy (non-hydrogen) atoms. The van der Waals surface area contributed by atoms with Crippen LogP contribution in [0.2, 0.25) is 0 Å². The van der Waals surface area contributed by atoms with Gasteiger partial charge in [-0.3, -0.25) is 4.79 Å². The average Bonchev–Trinajstić information content (AvgIpc) is 2.43. The zero-order valence-electron chi connectivity index (χ0n) is 7.75. The summed E-state index contributed by atoms with van der Waals surface area (Å²) in [6, 6.07) is 0. The molecule has 2 heteroatoms. The third kappa shape index (κ3) is 1.05. The topological polar surface area (TPSA) is 26.3 Å². The molecule has 0 aromatic heterocycles. The van der Waals surface area contributed by atoms with Gasteiger partial charge in [0.15, 0.2) is 0 Å². The lowest BCUT2D eigenvalue weighted by molar-refractivity contribution is -0.141. The number of hydrogen-bond acceptors (Lipinski definition) is 2. The van der Waals surface area contributed by atoms with Crippen LogP contribution in [0, 0.1) is 17.8 Å². The molecule has 4 atom stereocenters. The Morgan fingerprint density at radius 2 is 2.33 bits per heavy atom. The fourth-order valence-electron chi connectivity index (χ4n) is 2.95. The molecule has 1 aliphatic heterocycles. The first-order chi connectivity index (χ1) is 5.72. The molecular weight excluding hydrogens is 152 g/mol. The molecule has 2 fully saturated rings. The van der Waals surface area contributed by atoms with E-state index in [-0.39, 0.29) is 12.1 Å². The highest BCUT2D eigenvalue weighted by molar-refractivity contribution is 5.72. The van der Waals surface area contributed by atoms with Crippen LogP contribution >= 0.6 is 0 Å². The van der Waals surface area contributed by atoms with E-state index in [4.69, 9.17) is 4.74 Å². The predicted octanol–water partition coefficient (Wildman–Crippen LogP) is 1.98. The van der Waals surface area contributed by atoms with Gasteiger partial charge in [0.05, 0.1) is 6.42 Å². The monoisotopic (exact) mass is 168 g/mol. The van der Waals surface area contributed by atoms with Crippen molar-refractivity contribution in [3.8, 4) is 0 Å². The van der Waals surface area contributed by atoms with Gasteiger partial charge >= 0.3 is 5.97 Å². The summed E-state index contributed by atoms with van der Waals surface area (Å²) in [6.45, 7) is 4.49. The zero-order valence-corrected chi connectivity index (χ0v) is 7.75. The van der Waals surface area contributed by atoms with E-state index in [0.29, 0.717) is 12.3 Å². The molecule has 68 valence electrons. The first-order valence-corrected chi connectivity index (χ1v) is 4.91. The summed E-state index contributed by atoms with van der Waals surface area (Å²) < 4.78 is 5.25. The van der Waals surface area contributed by atoms with Gasteiger partial charge in [0.2, 0.25) is 0 Å². The largest absolute Gasteiger partial charge is 0.462 e. The van der Waals surface area contributed by atoms with Crippen molar-refractivity contribution in [3.05, 3.63) is 0 Å². The van der Waals surface area contributed by atoms with Crippen molar-refractivity contribution in [2.24, 2.45) is 17.8 Å². The summed E-state index contributed by atoms with van der Waals surface area (Å²) >= 11 is 0. The molecule has 0 N–H and O–H groups in total. The minimum atomic E-state index is 0.0235. The SMILES string of the molecule is CC[C@H]1[C@@H]2CC(=O)O[C@@H]2C[C@@H]1C. The molecule has 0 aromatic carbocycles. The Kier molecular flexibility index (Phi) is 1.85. The van der Waals surface area contributed by atoms with E-state index in [2.05, 4.69) is 13.8 Å². The smallest absolute Gasteiger partial charge is 0.306 e. The van der Waals surface area contributed by atoms with Crippen molar-refractivity contribution >= 4 is 5.97 Å². The van der Waals surface area contributed by atoms with E-state index >= 15 is 0 Å². The van der Waals surface area contributed by atoms with Gasteiger partial charge < -0.3 is 4.74 Å². The Bertz CT molecular complexity index is 200. The molecule has 1 aliphatic carbocycles. The molecular formula is C10H16O2. The minimum absolute atomic E-state index is 0.0235. The van der Waals surface area contributed by atoms with Crippen LogP contribution in [0.1, 0.15) is 33.1 Å². The van der Waals surface area contributed by atoms with E-state index in [1.807, 2.05) is 0 Å². The molecule has 0 bridgehead atoms. The van der Waals surface area contributed by atoms with Gasteiger partial charge in [-0.25, -0.2) is 0 Å². The first-order valence-electron chi connectivity index (χ1n) is 4.91. The van der Waals surface area contributed by atoms with Crippen LogP contribution in [0.5, 0.6) is 0 Å². The number of esters is 1. The highest BCUT2D eigenvalue weighted by Crippen LogP contribution is 2.45. The van der Waals surface area contributed by atoms with Crippen LogP contribution in [-0.2, 0) is 9.53 Å². The van der Waals surface area contributed by atoms with Crippen molar-refractivity contribution in [2.45, 2.75) is 39.2 Å². The molecule has 0 aromatic rings. The fraction of sp³-hybridized carbons (Fsp3) is 0.900. The van der Waals surface area contributed by atoms with Gasteiger partial charge in [-0.05, 0) is 18.3 Å². The van der Waals surface area contributed by atoms with Gasteiger partial charge in [0.25, 0.3) is 0 Å². The van der Waals surface area contributed by atoms with Gasteiger partial charge in [0, 0.05) is 5.92 Å². The van der Waals surface area contributed by atoms with Crippen LogP contribution < -0.4 is 0 Å². The van der Waals surface area contributed by atoms with E-state index in [1.165, 1.54) is 6.42 Å². The number of carbonyl (C=O) groups is 1. The number of hydrogen-bond donors (Lipinski definition) is 0. The van der Waals surface area contributed by atoms with Gasteiger partial charge in [-0.2, -0.15) is 0 Å². The van der Waals surface area contributed by atoms with Crippen LogP contribution in [-0.4, -0.2) is 12.1 Å². The summed E-state index contributed by atoms with van der Waals surface area (Å²) in [7, 11) is 0. The fourth-order valence-corrected chi connectivity index (χ4v) is 2.95. The molecule has 1 heterocycles. The third-order valence-electron chi connectivity index (χ3n) is 3.52. The lowest BCUT2D eigenvalue weighted by Gasteiger charge is -2.16. The summed E-state index contributed by atoms with van der Waals surface area (Å²) in [5.41, 5.74) is 0. The van der Waals surface area contributed by atoms with E-state index in [1.54, 1.807) is 0 Å². The highest BCUT2D eigenvalue weighted by atomic mass is 16.6. The zero-order chi connectivity index (χ0) is 8.72. The van der Waals surface area contributed by atoms with Crippen molar-refractivity contribution in [3.63, 3.8) is 0 Å². The first kappa shape index (κ1) is 8.09. The van der Waals surface area contributed by atoms with Gasteiger partial charge in [0.1, 0.15) is 6.10 Å². The second-order valence-corrected chi connectivity index (χ2v) is 4.18. The molecule has 2 nitrogen and oxygen atoms in total. The molecule has 1 saturated heterocycles. The van der Waals surface area contributed by atoms with Crippen LogP contribution in [0.15, 0.2) is 0 Å². The van der Waals surface area contributed by atoms with Crippen molar-refractivity contribution in [1.29, 1.82) is 0 Å². The van der Waals surface area contributed by atoms with Crippen molar-refractivity contribution in [1.82, 2.24) is 0 Å². The number of ether oxygens (including phenoxy) is 1. The minimum Gasteiger partial charge on any atom is -0.462 e. The van der Waals surface area contributed by atoms with Crippen molar-refractivity contribution < 1.29 is 9.53 Å². The van der Waals surface area contributed by atoms with E-state index in [9.17, 15) is 4.79 Å². The molecule has 1 saturated carbocycles. The maximum Gasteiger partial charge on any atom is 0.306 e. The van der Waals surface area contributed by atoms with Gasteiger partial charge in [-0.1, -0.05) is 20.3 Å². The Morgan fingerprint density at radius 3 is 3.00 bits per heavy atom. The van der Waals surface area contributed by atoms with Gasteiger partial charge in [-0.15, -0.1) is 0 Å². The Labute approximate surface area is 73.3 Å². The molecule has 0 unspecified atom stereocenters. The Morgan fingerprint density at radius 1 is 1.58 bits per heavy atom. The molecule has 0 radical (unpaired) electrons. The second kappa shape index (κ2) is 2.75. The summed E-state index contributed by atoms with van der Waals surface area (Å²) in [6.07, 6.45) is 3.22. The molecule has 2 aliphatic rings. The molecule has 0 amide bonds. The number of carbonyl (C=O) groups excluding carboxylic acids is 1. The second-order valence-electron chi connectivity index (χ2n) is 4.18. The standard InChI is InChI=1S/C10H16O2/c1-3-7-6(2)4-9-8(7)5-10(11)12-9/h6-9H,3-5H2,1-2H3/t6-,7+,8-,9+/m0/s1. The number of rotatable bonds is 1. The maximum absolute atomic E-state index is 11.0. The predicted molar refractivity (Wildman–Crippen MR) is 45.5 cm³/mol. The molecule has 0 spiro atoms. The lowest BCUT2D eigenvalue weighted by atomic mass is 9.87. The Balaban J connectivity index is 2.11. The highest BCUT2D eigenvalue weighted by Gasteiger charge is 2.47. The summed E-state index contributed by atoms with van der Waals surface area (Å²) in [5.74, 6) is 2.03. The maximum atomic E-state index is 11.0. The van der Waals surface area contributed by atoms with Crippen molar-refractivity contribution in [2.75, 3.05) is 0 Å². The molecule has 2 rings (SSSR count). The number of fused-ring (bicyclic) bond motifs is 1. The summed E-state index contributed by atoms with van der Waals surface area (Å²) in [4.78, 5) is 11.0. The Hall–Kier alpha value is -0.530. The third-order valence-corrected chi connectivity index (χ3v) is 3.52. The lowest BCUT2D eigenvalue weighted by Crippen LogP contribution is -2.14. The quantitative estimate of drug-likeness (QED) is 0.560.